The van der Waals surface area contributed by atoms with E-state index in [-0.39, 0.29) is 0 Å². The number of benzene rings is 2. The molecule has 0 fully saturated rings. The molecule has 2 heterocycles. The van der Waals surface area contributed by atoms with Gasteiger partial charge in [0.25, 0.3) is 0 Å². The SMILES string of the molecule is Clc1cc(Cl)cc(-n2cnc(-c3ncn(-c4cc(Cl)cc(Cl)c4)n3)n2)c1. The van der Waals surface area contributed by atoms with Crippen molar-refractivity contribution in [2.24, 2.45) is 0 Å². The molecule has 0 bridgehead atoms. The molecule has 0 unspecified atom stereocenters. The second-order valence-electron chi connectivity index (χ2n) is 5.28. The number of hydrogen-bond acceptors (Lipinski definition) is 4. The molecule has 0 amide bonds. The van der Waals surface area contributed by atoms with Crippen LogP contribution in [0.4, 0.5) is 0 Å². The summed E-state index contributed by atoms with van der Waals surface area (Å²) in [6, 6.07) is 10.2. The highest BCUT2D eigenvalue weighted by molar-refractivity contribution is 6.35. The predicted molar refractivity (Wildman–Crippen MR) is 102 cm³/mol. The Morgan fingerprint density at radius 2 is 0.885 bits per heavy atom. The maximum absolute atomic E-state index is 6.02. The van der Waals surface area contributed by atoms with Crippen molar-refractivity contribution in [3.05, 3.63) is 69.1 Å². The fourth-order valence-electron chi connectivity index (χ4n) is 2.32. The van der Waals surface area contributed by atoms with Gasteiger partial charge in [-0.25, -0.2) is 19.3 Å². The highest BCUT2D eigenvalue weighted by Gasteiger charge is 2.12. The van der Waals surface area contributed by atoms with E-state index in [0.717, 1.165) is 0 Å². The third kappa shape index (κ3) is 3.54. The van der Waals surface area contributed by atoms with E-state index in [1.54, 1.807) is 45.8 Å². The van der Waals surface area contributed by atoms with Gasteiger partial charge in [0.15, 0.2) is 0 Å². The van der Waals surface area contributed by atoms with Crippen LogP contribution in [0.1, 0.15) is 0 Å². The molecule has 130 valence electrons. The summed E-state index contributed by atoms with van der Waals surface area (Å²) in [5, 5.41) is 10.8. The zero-order valence-electron chi connectivity index (χ0n) is 12.8. The van der Waals surface area contributed by atoms with Crippen LogP contribution in [0.15, 0.2) is 49.1 Å². The molecule has 0 saturated carbocycles. The molecule has 0 saturated heterocycles. The Morgan fingerprint density at radius 1 is 0.538 bits per heavy atom. The van der Waals surface area contributed by atoms with Crippen molar-refractivity contribution in [2.45, 2.75) is 0 Å². The molecule has 0 aliphatic carbocycles. The van der Waals surface area contributed by atoms with Crippen molar-refractivity contribution >= 4 is 46.4 Å². The Balaban J connectivity index is 1.67. The van der Waals surface area contributed by atoms with Crippen molar-refractivity contribution in [1.82, 2.24) is 29.5 Å². The van der Waals surface area contributed by atoms with E-state index in [4.69, 9.17) is 46.4 Å². The number of hydrogen-bond donors (Lipinski definition) is 0. The molecular formula is C16H8Cl4N6. The molecule has 0 aliphatic rings. The third-order valence-corrected chi connectivity index (χ3v) is 4.28. The Labute approximate surface area is 167 Å². The zero-order valence-corrected chi connectivity index (χ0v) is 15.8. The monoisotopic (exact) mass is 424 g/mol. The highest BCUT2D eigenvalue weighted by Crippen LogP contribution is 2.23. The fraction of sp³-hybridized carbons (Fsp3) is 0. The van der Waals surface area contributed by atoms with Gasteiger partial charge in [-0.3, -0.25) is 0 Å². The average molecular weight is 426 g/mol. The van der Waals surface area contributed by atoms with Gasteiger partial charge in [0.05, 0.1) is 11.4 Å². The Morgan fingerprint density at radius 3 is 1.23 bits per heavy atom. The lowest BCUT2D eigenvalue weighted by molar-refractivity contribution is 0.864. The molecule has 0 atom stereocenters. The van der Waals surface area contributed by atoms with Crippen LogP contribution in [-0.4, -0.2) is 29.5 Å². The van der Waals surface area contributed by atoms with Crippen LogP contribution in [0.2, 0.25) is 20.1 Å². The number of aromatic nitrogens is 6. The lowest BCUT2D eigenvalue weighted by Crippen LogP contribution is -1.97. The minimum absolute atomic E-state index is 0.355. The van der Waals surface area contributed by atoms with Gasteiger partial charge in [0.1, 0.15) is 12.7 Å². The van der Waals surface area contributed by atoms with Crippen LogP contribution in [0.25, 0.3) is 23.0 Å². The molecule has 0 aliphatic heterocycles. The van der Waals surface area contributed by atoms with Gasteiger partial charge in [0.2, 0.25) is 11.6 Å². The average Bonchev–Trinajstić information content (AvgIpc) is 3.22. The van der Waals surface area contributed by atoms with Crippen molar-refractivity contribution in [1.29, 1.82) is 0 Å². The van der Waals surface area contributed by atoms with Crippen LogP contribution in [0, 0.1) is 0 Å². The largest absolute Gasteiger partial charge is 0.221 e. The number of nitrogens with zero attached hydrogens (tertiary/aromatic N) is 6. The minimum atomic E-state index is 0.355. The molecule has 4 aromatic rings. The second kappa shape index (κ2) is 6.89. The van der Waals surface area contributed by atoms with Gasteiger partial charge < -0.3 is 0 Å². The lowest BCUT2D eigenvalue weighted by Gasteiger charge is -2.02. The molecule has 4 rings (SSSR count). The predicted octanol–water partition coefficient (Wildman–Crippen LogP) is 5.13. The molecule has 6 nitrogen and oxygen atoms in total. The van der Waals surface area contributed by atoms with Gasteiger partial charge >= 0.3 is 0 Å². The summed E-state index contributed by atoms with van der Waals surface area (Å²) in [6.07, 6.45) is 3.07. The summed E-state index contributed by atoms with van der Waals surface area (Å²) in [7, 11) is 0. The lowest BCUT2D eigenvalue weighted by atomic mass is 10.3. The van der Waals surface area contributed by atoms with Gasteiger partial charge in [-0.2, -0.15) is 0 Å². The fourth-order valence-corrected chi connectivity index (χ4v) is 3.35. The summed E-state index contributed by atoms with van der Waals surface area (Å²) in [5.41, 5.74) is 1.37. The number of halogens is 4. The summed E-state index contributed by atoms with van der Waals surface area (Å²) in [6.45, 7) is 0. The first-order valence-corrected chi connectivity index (χ1v) is 8.76. The molecular weight excluding hydrogens is 418 g/mol. The van der Waals surface area contributed by atoms with Crippen molar-refractivity contribution in [2.75, 3.05) is 0 Å². The van der Waals surface area contributed by atoms with Crippen molar-refractivity contribution < 1.29 is 0 Å². The molecule has 26 heavy (non-hydrogen) atoms. The first-order chi connectivity index (χ1) is 12.5. The molecule has 2 aromatic heterocycles. The standard InChI is InChI=1S/C16H8Cl4N6/c17-9-1-10(18)4-13(3-9)25-7-21-15(23-25)16-22-8-26(24-16)14-5-11(19)2-12(20)6-14/h1-8H. The smallest absolute Gasteiger partial charge is 0.220 e. The molecule has 10 heteroatoms. The highest BCUT2D eigenvalue weighted by atomic mass is 35.5. The van der Waals surface area contributed by atoms with Gasteiger partial charge in [-0.05, 0) is 36.4 Å². The van der Waals surface area contributed by atoms with Crippen LogP contribution in [-0.2, 0) is 0 Å². The zero-order chi connectivity index (χ0) is 18.3. The van der Waals surface area contributed by atoms with Gasteiger partial charge in [0, 0.05) is 20.1 Å². The van der Waals surface area contributed by atoms with E-state index in [1.807, 2.05) is 0 Å². The van der Waals surface area contributed by atoms with Gasteiger partial charge in [-0.1, -0.05) is 46.4 Å². The maximum atomic E-state index is 6.02. The first kappa shape index (κ1) is 17.3. The normalized spacial score (nSPS) is 11.1. The summed E-state index contributed by atoms with van der Waals surface area (Å²) in [4.78, 5) is 8.48. The third-order valence-electron chi connectivity index (χ3n) is 3.41. The molecule has 2 aromatic carbocycles. The summed E-state index contributed by atoms with van der Waals surface area (Å²) < 4.78 is 3.09. The van der Waals surface area contributed by atoms with E-state index in [9.17, 15) is 0 Å². The van der Waals surface area contributed by atoms with Crippen LogP contribution >= 0.6 is 46.4 Å². The van der Waals surface area contributed by atoms with Gasteiger partial charge in [-0.15, -0.1) is 10.2 Å². The van der Waals surface area contributed by atoms with E-state index < -0.39 is 0 Å². The summed E-state index contributed by atoms with van der Waals surface area (Å²) in [5.74, 6) is 0.709. The van der Waals surface area contributed by atoms with E-state index in [2.05, 4.69) is 20.2 Å². The molecule has 0 spiro atoms. The van der Waals surface area contributed by atoms with E-state index in [1.165, 1.54) is 12.7 Å². The van der Waals surface area contributed by atoms with Crippen LogP contribution in [0.3, 0.4) is 0 Å². The second-order valence-corrected chi connectivity index (χ2v) is 7.03. The Kier molecular flexibility index (Phi) is 4.58. The van der Waals surface area contributed by atoms with Crippen molar-refractivity contribution in [3.8, 4) is 23.0 Å². The Hall–Kier alpha value is -2.12. The van der Waals surface area contributed by atoms with Crippen molar-refractivity contribution in [3.63, 3.8) is 0 Å². The summed E-state index contributed by atoms with van der Waals surface area (Å²) >= 11 is 24.1. The van der Waals surface area contributed by atoms with Crippen LogP contribution < -0.4 is 0 Å². The molecule has 0 radical (unpaired) electrons. The number of rotatable bonds is 3. The quantitative estimate of drug-likeness (QED) is 0.456. The van der Waals surface area contributed by atoms with E-state index in [0.29, 0.717) is 43.1 Å². The Bertz CT molecular complexity index is 976. The van der Waals surface area contributed by atoms with Crippen LogP contribution in [0.5, 0.6) is 0 Å². The first-order valence-electron chi connectivity index (χ1n) is 7.24. The topological polar surface area (TPSA) is 61.4 Å². The maximum Gasteiger partial charge on any atom is 0.221 e. The van der Waals surface area contributed by atoms with E-state index >= 15 is 0 Å². The minimum Gasteiger partial charge on any atom is -0.220 e. The molecule has 0 N–H and O–H groups in total.